The van der Waals surface area contributed by atoms with Crippen LogP contribution in [0, 0.1) is 11.3 Å². The predicted octanol–water partition coefficient (Wildman–Crippen LogP) is 1.26. The van der Waals surface area contributed by atoms with Crippen LogP contribution in [-0.2, 0) is 0 Å². The first-order valence-corrected chi connectivity index (χ1v) is 4.03. The average Bonchev–Trinajstić information content (AvgIpc) is 2.05. The second-order valence-corrected chi connectivity index (χ2v) is 3.09. The highest BCUT2D eigenvalue weighted by Crippen LogP contribution is 2.05. The normalized spacial score (nSPS) is 9.08. The molecule has 1 rings (SSSR count). The monoisotopic (exact) mass is 177 g/mol. The van der Waals surface area contributed by atoms with Gasteiger partial charge in [0.2, 0.25) is 0 Å². The quantitative estimate of drug-likeness (QED) is 0.478. The summed E-state index contributed by atoms with van der Waals surface area (Å²) in [5.74, 6) is -0.0171. The van der Waals surface area contributed by atoms with E-state index in [9.17, 15) is 4.79 Å². The lowest BCUT2D eigenvalue weighted by Crippen LogP contribution is -2.01. The van der Waals surface area contributed by atoms with E-state index in [1.807, 2.05) is 6.07 Å². The van der Waals surface area contributed by atoms with Crippen molar-refractivity contribution in [2.45, 2.75) is 6.92 Å². The van der Waals surface area contributed by atoms with Crippen LogP contribution in [0.15, 0.2) is 18.2 Å². The van der Waals surface area contributed by atoms with Crippen molar-refractivity contribution in [3.63, 3.8) is 0 Å². The summed E-state index contributed by atoms with van der Waals surface area (Å²) in [6, 6.07) is 7.08. The van der Waals surface area contributed by atoms with E-state index in [1.165, 1.54) is 6.92 Å². The van der Waals surface area contributed by atoms with Crippen molar-refractivity contribution in [3.05, 3.63) is 29.3 Å². The minimum Gasteiger partial charge on any atom is -0.295 e. The SMILES string of the molecule is CC(=O)c1ccc(P)c(C#N)c1. The largest absolute Gasteiger partial charge is 0.295 e. The van der Waals surface area contributed by atoms with Crippen molar-refractivity contribution < 1.29 is 4.79 Å². The van der Waals surface area contributed by atoms with Crippen LogP contribution in [0.5, 0.6) is 0 Å². The van der Waals surface area contributed by atoms with Gasteiger partial charge in [0.05, 0.1) is 11.6 Å². The Morgan fingerprint density at radius 1 is 1.58 bits per heavy atom. The third-order valence-corrected chi connectivity index (χ3v) is 2.08. The van der Waals surface area contributed by atoms with E-state index in [2.05, 4.69) is 9.24 Å². The van der Waals surface area contributed by atoms with Crippen LogP contribution >= 0.6 is 9.24 Å². The molecule has 1 aromatic carbocycles. The Hall–Kier alpha value is -1.19. The fourth-order valence-corrected chi connectivity index (χ4v) is 1.12. The molecule has 0 bridgehead atoms. The van der Waals surface area contributed by atoms with Gasteiger partial charge in [-0.15, -0.1) is 9.24 Å². The number of benzene rings is 1. The topological polar surface area (TPSA) is 40.9 Å². The van der Waals surface area contributed by atoms with Gasteiger partial charge in [-0.2, -0.15) is 5.26 Å². The standard InChI is InChI=1S/C9H8NOP/c1-6(11)7-2-3-9(12)8(4-7)5-10/h2-4H,12H2,1H3. The minimum absolute atomic E-state index is 0.0171. The van der Waals surface area contributed by atoms with Crippen LogP contribution < -0.4 is 5.30 Å². The minimum atomic E-state index is -0.0171. The Bertz CT molecular complexity index is 365. The van der Waals surface area contributed by atoms with Crippen LogP contribution in [0.1, 0.15) is 22.8 Å². The van der Waals surface area contributed by atoms with Gasteiger partial charge in [0.15, 0.2) is 5.78 Å². The van der Waals surface area contributed by atoms with Gasteiger partial charge >= 0.3 is 0 Å². The summed E-state index contributed by atoms with van der Waals surface area (Å²) in [5.41, 5.74) is 1.12. The molecule has 0 amide bonds. The molecule has 0 saturated heterocycles. The summed E-state index contributed by atoms with van der Waals surface area (Å²) in [5, 5.41) is 9.47. The number of hydrogen-bond donors (Lipinski definition) is 0. The summed E-state index contributed by atoms with van der Waals surface area (Å²) in [6.45, 7) is 1.49. The first-order chi connectivity index (χ1) is 5.65. The molecule has 0 spiro atoms. The summed E-state index contributed by atoms with van der Waals surface area (Å²) >= 11 is 0. The zero-order chi connectivity index (χ0) is 9.14. The van der Waals surface area contributed by atoms with E-state index >= 15 is 0 Å². The number of rotatable bonds is 1. The van der Waals surface area contributed by atoms with E-state index < -0.39 is 0 Å². The Labute approximate surface area is 73.4 Å². The van der Waals surface area contributed by atoms with Crippen molar-refractivity contribution in [2.75, 3.05) is 0 Å². The molecule has 1 aromatic rings. The molecule has 0 radical (unpaired) electrons. The van der Waals surface area contributed by atoms with Crippen LogP contribution in [0.2, 0.25) is 0 Å². The molecular formula is C9H8NOP. The van der Waals surface area contributed by atoms with E-state index in [-0.39, 0.29) is 5.78 Å². The van der Waals surface area contributed by atoms with Crippen molar-refractivity contribution in [1.82, 2.24) is 0 Å². The third-order valence-electron chi connectivity index (χ3n) is 1.58. The lowest BCUT2D eigenvalue weighted by atomic mass is 10.1. The highest BCUT2D eigenvalue weighted by atomic mass is 31.0. The van der Waals surface area contributed by atoms with Crippen LogP contribution in [0.25, 0.3) is 0 Å². The fraction of sp³-hybridized carbons (Fsp3) is 0.111. The zero-order valence-electron chi connectivity index (χ0n) is 6.66. The average molecular weight is 177 g/mol. The van der Waals surface area contributed by atoms with E-state index in [4.69, 9.17) is 5.26 Å². The molecule has 0 aromatic heterocycles. The molecule has 0 aliphatic heterocycles. The number of nitriles is 1. The Balaban J connectivity index is 3.25. The first kappa shape index (κ1) is 8.90. The predicted molar refractivity (Wildman–Crippen MR) is 50.5 cm³/mol. The molecule has 0 aliphatic rings. The van der Waals surface area contributed by atoms with E-state index in [1.54, 1.807) is 18.2 Å². The molecule has 0 fully saturated rings. The molecule has 0 heterocycles. The van der Waals surface area contributed by atoms with Gasteiger partial charge in [-0.1, -0.05) is 12.1 Å². The number of Topliss-reactive ketones (excluding diaryl/α,β-unsaturated/α-hetero) is 1. The molecule has 60 valence electrons. The van der Waals surface area contributed by atoms with Crippen molar-refractivity contribution in [1.29, 1.82) is 5.26 Å². The smallest absolute Gasteiger partial charge is 0.159 e. The Morgan fingerprint density at radius 3 is 2.75 bits per heavy atom. The fourth-order valence-electron chi connectivity index (χ4n) is 0.872. The maximum Gasteiger partial charge on any atom is 0.159 e. The second kappa shape index (κ2) is 3.47. The highest BCUT2D eigenvalue weighted by molar-refractivity contribution is 7.27. The lowest BCUT2D eigenvalue weighted by Gasteiger charge is -1.98. The third kappa shape index (κ3) is 1.69. The number of hydrogen-bond acceptors (Lipinski definition) is 2. The number of carbonyl (C=O) groups is 1. The number of ketones is 1. The first-order valence-electron chi connectivity index (χ1n) is 3.45. The Kier molecular flexibility index (Phi) is 2.58. The molecule has 2 nitrogen and oxygen atoms in total. The van der Waals surface area contributed by atoms with Crippen LogP contribution in [0.4, 0.5) is 0 Å². The summed E-state index contributed by atoms with van der Waals surface area (Å²) in [6.07, 6.45) is 0. The van der Waals surface area contributed by atoms with Crippen LogP contribution in [0.3, 0.4) is 0 Å². The number of carbonyl (C=O) groups excluding carboxylic acids is 1. The van der Waals surface area contributed by atoms with Crippen molar-refractivity contribution >= 4 is 20.3 Å². The van der Waals surface area contributed by atoms with Gasteiger partial charge in [-0.3, -0.25) is 4.79 Å². The molecule has 0 N–H and O–H groups in total. The molecular weight excluding hydrogens is 169 g/mol. The summed E-state index contributed by atoms with van der Waals surface area (Å²) < 4.78 is 0. The molecule has 1 unspecified atom stereocenters. The van der Waals surface area contributed by atoms with Gasteiger partial charge in [-0.05, 0) is 18.3 Å². The molecule has 0 saturated carbocycles. The lowest BCUT2D eigenvalue weighted by molar-refractivity contribution is 0.101. The second-order valence-electron chi connectivity index (χ2n) is 2.47. The Morgan fingerprint density at radius 2 is 2.25 bits per heavy atom. The van der Waals surface area contributed by atoms with E-state index in [0.29, 0.717) is 11.1 Å². The van der Waals surface area contributed by atoms with Gasteiger partial charge in [0.1, 0.15) is 0 Å². The zero-order valence-corrected chi connectivity index (χ0v) is 7.82. The van der Waals surface area contributed by atoms with Gasteiger partial charge < -0.3 is 0 Å². The maximum atomic E-state index is 10.9. The molecule has 1 atom stereocenters. The molecule has 3 heteroatoms. The maximum absolute atomic E-state index is 10.9. The van der Waals surface area contributed by atoms with Crippen molar-refractivity contribution in [2.24, 2.45) is 0 Å². The van der Waals surface area contributed by atoms with Gasteiger partial charge in [0.25, 0.3) is 0 Å². The van der Waals surface area contributed by atoms with Gasteiger partial charge in [-0.25, -0.2) is 0 Å². The summed E-state index contributed by atoms with van der Waals surface area (Å²) in [7, 11) is 2.45. The van der Waals surface area contributed by atoms with Gasteiger partial charge in [0, 0.05) is 5.56 Å². The molecule has 12 heavy (non-hydrogen) atoms. The molecule has 0 aliphatic carbocycles. The van der Waals surface area contributed by atoms with E-state index in [0.717, 1.165) is 5.30 Å². The van der Waals surface area contributed by atoms with Crippen LogP contribution in [-0.4, -0.2) is 5.78 Å². The van der Waals surface area contributed by atoms with Crippen molar-refractivity contribution in [3.8, 4) is 6.07 Å². The summed E-state index contributed by atoms with van der Waals surface area (Å²) in [4.78, 5) is 10.9. The number of nitrogens with zero attached hydrogens (tertiary/aromatic N) is 1. The highest BCUT2D eigenvalue weighted by Gasteiger charge is 2.02.